The molecular weight excluding hydrogens is 226 g/mol. The van der Waals surface area contributed by atoms with Gasteiger partial charge in [0.05, 0.1) is 12.6 Å². The molecule has 2 atom stereocenters. The van der Waals surface area contributed by atoms with Gasteiger partial charge >= 0.3 is 0 Å². The lowest BCUT2D eigenvalue weighted by atomic mass is 10.0. The highest BCUT2D eigenvalue weighted by molar-refractivity contribution is 5.18. The Kier molecular flexibility index (Phi) is 7.65. The van der Waals surface area contributed by atoms with Gasteiger partial charge in [-0.15, -0.1) is 0 Å². The van der Waals surface area contributed by atoms with Gasteiger partial charge in [-0.25, -0.2) is 0 Å². The third-order valence-corrected chi connectivity index (χ3v) is 3.30. The van der Waals surface area contributed by atoms with Gasteiger partial charge in [0.2, 0.25) is 0 Å². The third kappa shape index (κ3) is 5.17. The minimum absolute atomic E-state index is 0.226. The van der Waals surface area contributed by atoms with Crippen molar-refractivity contribution in [1.82, 2.24) is 5.32 Å². The summed E-state index contributed by atoms with van der Waals surface area (Å²) in [6, 6.07) is 10.6. The van der Waals surface area contributed by atoms with Crippen LogP contribution in [0.4, 0.5) is 0 Å². The normalized spacial score (nSPS) is 14.4. The second kappa shape index (κ2) is 9.09. The fourth-order valence-corrected chi connectivity index (χ4v) is 2.07. The predicted molar refractivity (Wildman–Crippen MR) is 74.5 cm³/mol. The second-order valence-electron chi connectivity index (χ2n) is 4.61. The number of aliphatic hydroxyl groups is 1. The van der Waals surface area contributed by atoms with Gasteiger partial charge in [0.25, 0.3) is 0 Å². The van der Waals surface area contributed by atoms with Crippen LogP contribution in [0, 0.1) is 5.92 Å². The molecule has 0 aliphatic rings. The number of hydrogen-bond acceptors (Lipinski definition) is 3. The highest BCUT2D eigenvalue weighted by Gasteiger charge is 2.13. The Morgan fingerprint density at radius 2 is 2.00 bits per heavy atom. The Hall–Kier alpha value is -0.900. The van der Waals surface area contributed by atoms with E-state index in [2.05, 4.69) is 24.4 Å². The first-order valence-electron chi connectivity index (χ1n) is 6.69. The monoisotopic (exact) mass is 251 g/mol. The van der Waals surface area contributed by atoms with Crippen LogP contribution in [0.1, 0.15) is 31.4 Å². The van der Waals surface area contributed by atoms with Crippen molar-refractivity contribution in [3.8, 4) is 0 Å². The summed E-state index contributed by atoms with van der Waals surface area (Å²) in [5.74, 6) is 0.526. The summed E-state index contributed by atoms with van der Waals surface area (Å²) < 4.78 is 5.27. The summed E-state index contributed by atoms with van der Waals surface area (Å²) in [6.07, 6.45) is 1.94. The minimum atomic E-state index is 0.226. The maximum atomic E-state index is 9.00. The van der Waals surface area contributed by atoms with Crippen LogP contribution in [0.5, 0.6) is 0 Å². The molecule has 2 unspecified atom stereocenters. The lowest BCUT2D eigenvalue weighted by Gasteiger charge is -2.22. The molecule has 0 saturated carbocycles. The van der Waals surface area contributed by atoms with Gasteiger partial charge in [-0.3, -0.25) is 0 Å². The van der Waals surface area contributed by atoms with Crippen LogP contribution < -0.4 is 5.32 Å². The topological polar surface area (TPSA) is 41.5 Å². The van der Waals surface area contributed by atoms with E-state index in [1.807, 2.05) is 18.2 Å². The van der Waals surface area contributed by atoms with E-state index in [0.717, 1.165) is 19.4 Å². The SMILES string of the molecule is CCC(CCO)CNC(COC)c1ccccc1. The molecule has 3 nitrogen and oxygen atoms in total. The van der Waals surface area contributed by atoms with Crippen LogP contribution in [-0.4, -0.2) is 32.0 Å². The first kappa shape index (κ1) is 15.2. The van der Waals surface area contributed by atoms with Gasteiger partial charge < -0.3 is 15.2 Å². The van der Waals surface area contributed by atoms with E-state index in [-0.39, 0.29) is 12.6 Å². The van der Waals surface area contributed by atoms with Gasteiger partial charge in [-0.1, -0.05) is 43.7 Å². The van der Waals surface area contributed by atoms with E-state index in [4.69, 9.17) is 9.84 Å². The maximum Gasteiger partial charge on any atom is 0.0657 e. The highest BCUT2D eigenvalue weighted by Crippen LogP contribution is 2.14. The molecule has 0 amide bonds. The van der Waals surface area contributed by atoms with Crippen molar-refractivity contribution in [1.29, 1.82) is 0 Å². The molecule has 0 fully saturated rings. The Morgan fingerprint density at radius 3 is 2.56 bits per heavy atom. The van der Waals surface area contributed by atoms with Crippen LogP contribution in [0.15, 0.2) is 30.3 Å². The Bertz CT molecular complexity index is 303. The van der Waals surface area contributed by atoms with Crippen molar-refractivity contribution in [2.75, 3.05) is 26.9 Å². The lowest BCUT2D eigenvalue weighted by Crippen LogP contribution is -2.30. The van der Waals surface area contributed by atoms with E-state index in [9.17, 15) is 0 Å². The number of nitrogens with one attached hydrogen (secondary N) is 1. The van der Waals surface area contributed by atoms with Crippen molar-refractivity contribution in [3.63, 3.8) is 0 Å². The van der Waals surface area contributed by atoms with E-state index < -0.39 is 0 Å². The molecule has 0 heterocycles. The van der Waals surface area contributed by atoms with Gasteiger partial charge in [0.15, 0.2) is 0 Å². The predicted octanol–water partition coefficient (Wildman–Crippen LogP) is 2.37. The highest BCUT2D eigenvalue weighted by atomic mass is 16.5. The Morgan fingerprint density at radius 1 is 1.28 bits per heavy atom. The fourth-order valence-electron chi connectivity index (χ4n) is 2.07. The molecule has 1 aromatic carbocycles. The molecule has 0 radical (unpaired) electrons. The molecular formula is C15H25NO2. The molecule has 0 bridgehead atoms. The number of hydrogen-bond donors (Lipinski definition) is 2. The third-order valence-electron chi connectivity index (χ3n) is 3.30. The zero-order valence-electron chi connectivity index (χ0n) is 11.4. The summed E-state index contributed by atoms with van der Waals surface area (Å²) >= 11 is 0. The van der Waals surface area contributed by atoms with E-state index >= 15 is 0 Å². The molecule has 0 aliphatic heterocycles. The van der Waals surface area contributed by atoms with E-state index in [0.29, 0.717) is 12.5 Å². The molecule has 102 valence electrons. The lowest BCUT2D eigenvalue weighted by molar-refractivity contribution is 0.162. The number of rotatable bonds is 9. The smallest absolute Gasteiger partial charge is 0.0657 e. The maximum absolute atomic E-state index is 9.00. The molecule has 1 rings (SSSR count). The zero-order valence-corrected chi connectivity index (χ0v) is 11.4. The standard InChI is InChI=1S/C15H25NO2/c1-3-13(9-10-17)11-16-15(12-18-2)14-7-5-4-6-8-14/h4-8,13,15-17H,3,9-12H2,1-2H3. The molecule has 0 aromatic heterocycles. The largest absolute Gasteiger partial charge is 0.396 e. The Balaban J connectivity index is 2.53. The molecule has 2 N–H and O–H groups in total. The van der Waals surface area contributed by atoms with Crippen molar-refractivity contribution in [3.05, 3.63) is 35.9 Å². The average molecular weight is 251 g/mol. The Labute approximate surface area is 110 Å². The number of aliphatic hydroxyl groups excluding tert-OH is 1. The summed E-state index contributed by atoms with van der Waals surface area (Å²) in [6.45, 7) is 4.01. The molecule has 3 heteroatoms. The van der Waals surface area contributed by atoms with Crippen molar-refractivity contribution < 1.29 is 9.84 Å². The van der Waals surface area contributed by atoms with Crippen molar-refractivity contribution in [2.45, 2.75) is 25.8 Å². The van der Waals surface area contributed by atoms with Crippen molar-refractivity contribution >= 4 is 0 Å². The first-order valence-corrected chi connectivity index (χ1v) is 6.69. The summed E-state index contributed by atoms with van der Waals surface area (Å²) in [5, 5.41) is 12.5. The number of benzene rings is 1. The number of ether oxygens (including phenoxy) is 1. The molecule has 18 heavy (non-hydrogen) atoms. The van der Waals surface area contributed by atoms with Crippen LogP contribution in [0.3, 0.4) is 0 Å². The second-order valence-corrected chi connectivity index (χ2v) is 4.61. The molecule has 0 spiro atoms. The molecule has 0 saturated heterocycles. The van der Waals surface area contributed by atoms with Gasteiger partial charge in [-0.05, 0) is 24.4 Å². The first-order chi connectivity index (χ1) is 8.81. The van der Waals surface area contributed by atoms with Gasteiger partial charge in [0.1, 0.15) is 0 Å². The van der Waals surface area contributed by atoms with Crippen LogP contribution >= 0.6 is 0 Å². The molecule has 0 aliphatic carbocycles. The number of methoxy groups -OCH3 is 1. The summed E-state index contributed by atoms with van der Waals surface area (Å²) in [5.41, 5.74) is 1.25. The van der Waals surface area contributed by atoms with E-state index in [1.165, 1.54) is 5.56 Å². The van der Waals surface area contributed by atoms with Gasteiger partial charge in [0, 0.05) is 13.7 Å². The van der Waals surface area contributed by atoms with Crippen LogP contribution in [-0.2, 0) is 4.74 Å². The zero-order chi connectivity index (χ0) is 13.2. The van der Waals surface area contributed by atoms with Gasteiger partial charge in [-0.2, -0.15) is 0 Å². The summed E-state index contributed by atoms with van der Waals surface area (Å²) in [4.78, 5) is 0. The average Bonchev–Trinajstić information content (AvgIpc) is 2.43. The van der Waals surface area contributed by atoms with Crippen LogP contribution in [0.2, 0.25) is 0 Å². The molecule has 1 aromatic rings. The minimum Gasteiger partial charge on any atom is -0.396 e. The van der Waals surface area contributed by atoms with Crippen molar-refractivity contribution in [2.24, 2.45) is 5.92 Å². The fraction of sp³-hybridized carbons (Fsp3) is 0.600. The summed E-state index contributed by atoms with van der Waals surface area (Å²) in [7, 11) is 1.72. The quantitative estimate of drug-likeness (QED) is 0.708. The van der Waals surface area contributed by atoms with E-state index in [1.54, 1.807) is 7.11 Å². The van der Waals surface area contributed by atoms with Crippen LogP contribution in [0.25, 0.3) is 0 Å².